The maximum absolute atomic E-state index is 10.4. The maximum atomic E-state index is 10.4. The zero-order valence-electron chi connectivity index (χ0n) is 5.67. The van der Waals surface area contributed by atoms with Gasteiger partial charge in [0.15, 0.2) is 6.29 Å². The van der Waals surface area contributed by atoms with Crippen molar-refractivity contribution in [2.75, 3.05) is 5.09 Å². The van der Waals surface area contributed by atoms with Gasteiger partial charge in [-0.25, -0.2) is 0 Å². The minimum absolute atomic E-state index is 0.563. The first kappa shape index (κ1) is 8.51. The van der Waals surface area contributed by atoms with Crippen LogP contribution in [-0.2, 0) is 0 Å². The van der Waals surface area contributed by atoms with Crippen LogP contribution in [0.4, 0.5) is 5.69 Å². The van der Waals surface area contributed by atoms with Crippen LogP contribution < -0.4 is 5.09 Å². The highest BCUT2D eigenvalue weighted by Crippen LogP contribution is 2.19. The highest BCUT2D eigenvalue weighted by molar-refractivity contribution is 7.18. The summed E-state index contributed by atoms with van der Waals surface area (Å²) in [4.78, 5) is 10.4. The van der Waals surface area contributed by atoms with Gasteiger partial charge in [0.2, 0.25) is 0 Å². The fraction of sp³-hybridized carbons (Fsp3) is 0. The highest BCUT2D eigenvalue weighted by atomic mass is 35.5. The Morgan fingerprint density at radius 2 is 2.27 bits per heavy atom. The monoisotopic (exact) mass is 187 g/mol. The summed E-state index contributed by atoms with van der Waals surface area (Å²) in [5, 5.41) is 3.37. The van der Waals surface area contributed by atoms with Crippen LogP contribution in [-0.4, -0.2) is 6.29 Å². The van der Waals surface area contributed by atoms with Crippen molar-refractivity contribution in [2.24, 2.45) is 0 Å². The molecule has 0 saturated carbocycles. The van der Waals surface area contributed by atoms with Gasteiger partial charge in [0.05, 0.1) is 0 Å². The number of benzene rings is 1. The van der Waals surface area contributed by atoms with Gasteiger partial charge in [0, 0.05) is 16.3 Å². The molecule has 1 aromatic rings. The second kappa shape index (κ2) is 3.70. The Balaban J connectivity index is 3.16. The summed E-state index contributed by atoms with van der Waals surface area (Å²) in [6, 6.07) is 5.08. The molecule has 0 fully saturated rings. The summed E-state index contributed by atoms with van der Waals surface area (Å²) < 4.78 is 0. The van der Waals surface area contributed by atoms with E-state index in [9.17, 15) is 4.79 Å². The molecule has 4 heteroatoms. The van der Waals surface area contributed by atoms with E-state index in [0.717, 1.165) is 12.0 Å². The number of anilines is 1. The van der Waals surface area contributed by atoms with Crippen LogP contribution in [0.3, 0.4) is 0 Å². The first-order valence-electron chi connectivity index (χ1n) is 2.99. The van der Waals surface area contributed by atoms with Crippen molar-refractivity contribution in [2.45, 2.75) is 0 Å². The molecule has 0 aliphatic carbocycles. The van der Waals surface area contributed by atoms with Crippen molar-refractivity contribution in [1.29, 1.82) is 0 Å². The first-order chi connectivity index (χ1) is 5.27. The maximum Gasteiger partial charge on any atom is 0.152 e. The molecule has 0 aliphatic heterocycles. The highest BCUT2D eigenvalue weighted by Gasteiger charge is 1.98. The van der Waals surface area contributed by atoms with E-state index >= 15 is 0 Å². The third kappa shape index (κ3) is 1.92. The van der Waals surface area contributed by atoms with E-state index in [1.165, 1.54) is 0 Å². The first-order valence-corrected chi connectivity index (χ1v) is 3.95. The molecular formula is C7H7ClNOP. The van der Waals surface area contributed by atoms with Gasteiger partial charge in [-0.05, 0) is 27.6 Å². The molecule has 0 amide bonds. The van der Waals surface area contributed by atoms with Gasteiger partial charge in [-0.15, -0.1) is 0 Å². The molecule has 0 heterocycles. The number of carbonyl (C=O) groups excluding carboxylic acids is 1. The Hall–Kier alpha value is -0.590. The number of hydrogen-bond donors (Lipinski definition) is 1. The van der Waals surface area contributed by atoms with Gasteiger partial charge in [-0.1, -0.05) is 11.6 Å². The van der Waals surface area contributed by atoms with Crippen LogP contribution in [0.1, 0.15) is 10.4 Å². The summed E-state index contributed by atoms with van der Waals surface area (Å²) in [6.07, 6.45) is 0.762. The molecule has 0 radical (unpaired) electrons. The molecule has 0 spiro atoms. The third-order valence-corrected chi connectivity index (χ3v) is 1.84. The summed E-state index contributed by atoms with van der Waals surface area (Å²) in [7, 11) is 2.32. The Morgan fingerprint density at radius 1 is 1.55 bits per heavy atom. The predicted octanol–water partition coefficient (Wildman–Crippen LogP) is 2.35. The fourth-order valence-corrected chi connectivity index (χ4v) is 1.21. The number of rotatable bonds is 2. The third-order valence-electron chi connectivity index (χ3n) is 1.30. The Labute approximate surface area is 72.2 Å². The van der Waals surface area contributed by atoms with Crippen molar-refractivity contribution in [1.82, 2.24) is 0 Å². The van der Waals surface area contributed by atoms with Crippen LogP contribution in [0.2, 0.25) is 5.02 Å². The van der Waals surface area contributed by atoms with E-state index in [0.29, 0.717) is 10.6 Å². The average Bonchev–Trinajstić information content (AvgIpc) is 2.04. The Kier molecular flexibility index (Phi) is 2.86. The minimum atomic E-state index is 0.563. The van der Waals surface area contributed by atoms with Crippen molar-refractivity contribution < 1.29 is 4.79 Å². The van der Waals surface area contributed by atoms with Gasteiger partial charge in [-0.2, -0.15) is 0 Å². The number of hydrogen-bond acceptors (Lipinski definition) is 2. The SMILES string of the molecule is O=Cc1cc(Cl)ccc1NP. The van der Waals surface area contributed by atoms with E-state index in [-0.39, 0.29) is 0 Å². The summed E-state index contributed by atoms with van der Waals surface area (Å²) in [6.45, 7) is 0. The molecule has 0 aliphatic rings. The lowest BCUT2D eigenvalue weighted by atomic mass is 10.2. The Bertz CT molecular complexity index is 277. The average molecular weight is 188 g/mol. The molecule has 11 heavy (non-hydrogen) atoms. The van der Waals surface area contributed by atoms with E-state index in [1.807, 2.05) is 0 Å². The van der Waals surface area contributed by atoms with Crippen LogP contribution in [0.15, 0.2) is 18.2 Å². The van der Waals surface area contributed by atoms with E-state index in [2.05, 4.69) is 14.5 Å². The van der Waals surface area contributed by atoms with Gasteiger partial charge in [0.25, 0.3) is 0 Å². The van der Waals surface area contributed by atoms with Crippen LogP contribution in [0.5, 0.6) is 0 Å². The Morgan fingerprint density at radius 3 is 2.82 bits per heavy atom. The zero-order valence-corrected chi connectivity index (χ0v) is 7.58. The molecule has 58 valence electrons. The van der Waals surface area contributed by atoms with Gasteiger partial charge in [-0.3, -0.25) is 4.79 Å². The van der Waals surface area contributed by atoms with Crippen LogP contribution in [0, 0.1) is 0 Å². The largest absolute Gasteiger partial charge is 0.369 e. The van der Waals surface area contributed by atoms with Gasteiger partial charge in [0.1, 0.15) is 0 Å². The molecule has 1 unspecified atom stereocenters. The normalized spacial score (nSPS) is 9.27. The fourth-order valence-electron chi connectivity index (χ4n) is 0.763. The topological polar surface area (TPSA) is 29.1 Å². The van der Waals surface area contributed by atoms with E-state index < -0.39 is 0 Å². The second-order valence-corrected chi connectivity index (χ2v) is 2.72. The number of carbonyl (C=O) groups is 1. The van der Waals surface area contributed by atoms with Crippen molar-refractivity contribution in [3.63, 3.8) is 0 Å². The van der Waals surface area contributed by atoms with E-state index in [4.69, 9.17) is 11.6 Å². The molecule has 0 aromatic heterocycles. The van der Waals surface area contributed by atoms with Gasteiger partial charge >= 0.3 is 0 Å². The number of halogens is 1. The summed E-state index contributed by atoms with van der Waals surface area (Å²) in [5.41, 5.74) is 1.32. The van der Waals surface area contributed by atoms with Gasteiger partial charge < -0.3 is 5.09 Å². The number of aldehydes is 1. The standard InChI is InChI=1S/C7H7ClNOP/c8-6-1-2-7(9-11)5(3-6)4-10/h1-4,9H,11H2. The summed E-state index contributed by atoms with van der Waals surface area (Å²) in [5.74, 6) is 0. The molecule has 1 aromatic carbocycles. The van der Waals surface area contributed by atoms with Crippen molar-refractivity contribution >= 4 is 33.0 Å². The quantitative estimate of drug-likeness (QED) is 0.569. The van der Waals surface area contributed by atoms with Crippen molar-refractivity contribution in [3.05, 3.63) is 28.8 Å². The second-order valence-electron chi connectivity index (χ2n) is 1.99. The lowest BCUT2D eigenvalue weighted by Gasteiger charge is -2.02. The van der Waals surface area contributed by atoms with E-state index in [1.54, 1.807) is 18.2 Å². The minimum Gasteiger partial charge on any atom is -0.369 e. The molecule has 1 atom stereocenters. The van der Waals surface area contributed by atoms with Crippen LogP contribution in [0.25, 0.3) is 0 Å². The number of nitrogens with one attached hydrogen (secondary N) is 1. The molecular weight excluding hydrogens is 181 g/mol. The molecule has 0 saturated heterocycles. The lowest BCUT2D eigenvalue weighted by Crippen LogP contribution is -1.87. The molecule has 1 rings (SSSR count). The summed E-state index contributed by atoms with van der Waals surface area (Å²) >= 11 is 5.66. The smallest absolute Gasteiger partial charge is 0.152 e. The predicted molar refractivity (Wildman–Crippen MR) is 50.2 cm³/mol. The molecule has 2 nitrogen and oxygen atoms in total. The van der Waals surface area contributed by atoms with Crippen molar-refractivity contribution in [3.8, 4) is 0 Å². The lowest BCUT2D eigenvalue weighted by molar-refractivity contribution is 0.112. The molecule has 1 N–H and O–H groups in total. The zero-order chi connectivity index (χ0) is 8.27. The molecule has 0 bridgehead atoms. The van der Waals surface area contributed by atoms with Crippen LogP contribution >= 0.6 is 21.0 Å².